The van der Waals surface area contributed by atoms with Crippen molar-refractivity contribution in [2.45, 2.75) is 0 Å². The zero-order chi connectivity index (χ0) is 14.4. The highest BCUT2D eigenvalue weighted by atomic mass is 35.5. The highest BCUT2D eigenvalue weighted by molar-refractivity contribution is 7.90. The second-order valence-corrected chi connectivity index (χ2v) is 6.84. The van der Waals surface area contributed by atoms with Crippen molar-refractivity contribution in [3.8, 4) is 0 Å². The van der Waals surface area contributed by atoms with Crippen molar-refractivity contribution < 1.29 is 22.4 Å². The van der Waals surface area contributed by atoms with E-state index in [9.17, 15) is 22.4 Å². The number of carbonyl (C=O) groups is 2. The van der Waals surface area contributed by atoms with Crippen molar-refractivity contribution in [3.63, 3.8) is 0 Å². The van der Waals surface area contributed by atoms with Gasteiger partial charge in [-0.2, -0.15) is 0 Å². The van der Waals surface area contributed by atoms with Crippen LogP contribution in [-0.4, -0.2) is 38.7 Å². The van der Waals surface area contributed by atoms with Gasteiger partial charge in [-0.05, 0) is 12.1 Å². The van der Waals surface area contributed by atoms with Crippen LogP contribution >= 0.6 is 11.6 Å². The predicted octanol–water partition coefficient (Wildman–Crippen LogP) is 1.05. The maximum absolute atomic E-state index is 13.7. The number of carbonyl (C=O) groups excluding carboxylic acids is 2. The Balaban J connectivity index is 2.47. The van der Waals surface area contributed by atoms with Gasteiger partial charge in [0.25, 0.3) is 11.7 Å². The summed E-state index contributed by atoms with van der Waals surface area (Å²) in [6.07, 6.45) is 0.991. The van der Waals surface area contributed by atoms with E-state index in [0.717, 1.165) is 17.2 Å². The SMILES string of the molecule is CS(=O)(=O)CCN1C(=O)C(=O)c2c(Cl)ccc(F)c21. The third-order valence-electron chi connectivity index (χ3n) is 2.70. The summed E-state index contributed by atoms with van der Waals surface area (Å²) >= 11 is 5.77. The molecule has 0 saturated carbocycles. The van der Waals surface area contributed by atoms with Crippen molar-refractivity contribution >= 4 is 38.8 Å². The molecule has 5 nitrogen and oxygen atoms in total. The molecule has 0 spiro atoms. The molecule has 1 aliphatic rings. The number of fused-ring (bicyclic) bond motifs is 1. The van der Waals surface area contributed by atoms with Crippen LogP contribution in [0.15, 0.2) is 12.1 Å². The number of hydrogen-bond acceptors (Lipinski definition) is 4. The van der Waals surface area contributed by atoms with Crippen LogP contribution in [0.25, 0.3) is 0 Å². The quantitative estimate of drug-likeness (QED) is 0.783. The molecule has 0 aliphatic carbocycles. The average Bonchev–Trinajstić information content (AvgIpc) is 2.55. The maximum Gasteiger partial charge on any atom is 0.299 e. The summed E-state index contributed by atoms with van der Waals surface area (Å²) in [7, 11) is -3.34. The Bertz CT molecular complexity index is 686. The predicted molar refractivity (Wildman–Crippen MR) is 67.8 cm³/mol. The van der Waals surface area contributed by atoms with E-state index in [-0.39, 0.29) is 28.6 Å². The first-order chi connectivity index (χ1) is 8.72. The molecular weight excluding hydrogens is 297 g/mol. The number of nitrogens with zero attached hydrogens (tertiary/aromatic N) is 1. The Morgan fingerprint density at radius 3 is 2.53 bits per heavy atom. The van der Waals surface area contributed by atoms with E-state index in [0.29, 0.717) is 0 Å². The van der Waals surface area contributed by atoms with Gasteiger partial charge in [0.05, 0.1) is 22.0 Å². The fourth-order valence-corrected chi connectivity index (χ4v) is 2.58. The number of Topliss-reactive ketones (excluding diaryl/α,β-unsaturated/α-hetero) is 1. The van der Waals surface area contributed by atoms with Gasteiger partial charge in [0, 0.05) is 12.8 Å². The Kier molecular flexibility index (Phi) is 3.36. The molecule has 0 N–H and O–H groups in total. The van der Waals surface area contributed by atoms with Crippen molar-refractivity contribution in [1.82, 2.24) is 0 Å². The molecule has 102 valence electrons. The Morgan fingerprint density at radius 2 is 1.95 bits per heavy atom. The molecule has 1 aliphatic heterocycles. The number of amides is 1. The lowest BCUT2D eigenvalue weighted by molar-refractivity contribution is -0.114. The first-order valence-electron chi connectivity index (χ1n) is 5.24. The second-order valence-electron chi connectivity index (χ2n) is 4.17. The minimum atomic E-state index is -3.34. The molecule has 0 saturated heterocycles. The minimum absolute atomic E-state index is 0.0309. The van der Waals surface area contributed by atoms with E-state index in [1.165, 1.54) is 6.07 Å². The van der Waals surface area contributed by atoms with Gasteiger partial charge in [-0.25, -0.2) is 12.8 Å². The van der Waals surface area contributed by atoms with Gasteiger partial charge in [-0.15, -0.1) is 0 Å². The Morgan fingerprint density at radius 1 is 1.32 bits per heavy atom. The molecule has 1 amide bonds. The van der Waals surface area contributed by atoms with Crippen LogP contribution in [-0.2, 0) is 14.6 Å². The third kappa shape index (κ3) is 2.48. The monoisotopic (exact) mass is 305 g/mol. The van der Waals surface area contributed by atoms with Crippen LogP contribution in [0.5, 0.6) is 0 Å². The lowest BCUT2D eigenvalue weighted by Crippen LogP contribution is -2.34. The molecule has 0 radical (unpaired) electrons. The molecule has 0 atom stereocenters. The van der Waals surface area contributed by atoms with Crippen molar-refractivity contribution in [2.75, 3.05) is 23.5 Å². The maximum atomic E-state index is 13.7. The average molecular weight is 306 g/mol. The minimum Gasteiger partial charge on any atom is -0.301 e. The van der Waals surface area contributed by atoms with Gasteiger partial charge in [-0.1, -0.05) is 11.6 Å². The highest BCUT2D eigenvalue weighted by Gasteiger charge is 2.39. The van der Waals surface area contributed by atoms with E-state index >= 15 is 0 Å². The molecule has 0 aromatic heterocycles. The van der Waals surface area contributed by atoms with Gasteiger partial charge in [-0.3, -0.25) is 9.59 Å². The van der Waals surface area contributed by atoms with Crippen LogP contribution in [0.1, 0.15) is 10.4 Å². The molecule has 1 heterocycles. The first-order valence-corrected chi connectivity index (χ1v) is 7.68. The van der Waals surface area contributed by atoms with Gasteiger partial charge < -0.3 is 4.90 Å². The lowest BCUT2D eigenvalue weighted by atomic mass is 10.1. The standard InChI is InChI=1S/C11H9ClFNO4S/c1-19(17,18)5-4-14-9-7(13)3-2-6(12)8(9)10(15)11(14)16/h2-3H,4-5H2,1H3. The number of sulfone groups is 1. The van der Waals surface area contributed by atoms with Crippen molar-refractivity contribution in [1.29, 1.82) is 0 Å². The molecule has 1 aromatic carbocycles. The smallest absolute Gasteiger partial charge is 0.299 e. The fourth-order valence-electron chi connectivity index (χ4n) is 1.82. The Hall–Kier alpha value is -1.47. The fraction of sp³-hybridized carbons (Fsp3) is 0.273. The molecule has 0 fully saturated rings. The summed E-state index contributed by atoms with van der Waals surface area (Å²) in [6.45, 7) is -0.284. The number of halogens is 2. The van der Waals surface area contributed by atoms with Crippen LogP contribution in [0, 0.1) is 5.82 Å². The van der Waals surface area contributed by atoms with Gasteiger partial charge in [0.2, 0.25) is 0 Å². The molecule has 2 rings (SSSR count). The molecule has 0 bridgehead atoms. The third-order valence-corrected chi connectivity index (χ3v) is 3.94. The van der Waals surface area contributed by atoms with Gasteiger partial charge in [0.1, 0.15) is 15.7 Å². The van der Waals surface area contributed by atoms with E-state index < -0.39 is 27.3 Å². The van der Waals surface area contributed by atoms with Crippen LogP contribution in [0.3, 0.4) is 0 Å². The van der Waals surface area contributed by atoms with Crippen LogP contribution in [0.4, 0.5) is 10.1 Å². The second kappa shape index (κ2) is 4.57. The summed E-state index contributed by atoms with van der Waals surface area (Å²) < 4.78 is 35.9. The van der Waals surface area contributed by atoms with E-state index in [1.54, 1.807) is 0 Å². The molecule has 8 heteroatoms. The van der Waals surface area contributed by atoms with Gasteiger partial charge in [0.15, 0.2) is 0 Å². The summed E-state index contributed by atoms with van der Waals surface area (Å²) in [5, 5.41) is -0.0309. The van der Waals surface area contributed by atoms with Crippen LogP contribution in [0.2, 0.25) is 5.02 Å². The number of rotatable bonds is 3. The lowest BCUT2D eigenvalue weighted by Gasteiger charge is -2.16. The van der Waals surface area contributed by atoms with E-state index in [2.05, 4.69) is 0 Å². The number of benzene rings is 1. The summed E-state index contributed by atoms with van der Waals surface area (Å²) in [6, 6.07) is 2.21. The highest BCUT2D eigenvalue weighted by Crippen LogP contribution is 2.36. The summed E-state index contributed by atoms with van der Waals surface area (Å²) in [5.74, 6) is -3.04. The summed E-state index contributed by atoms with van der Waals surface area (Å²) in [5.41, 5.74) is -0.452. The molecule has 19 heavy (non-hydrogen) atoms. The van der Waals surface area contributed by atoms with Crippen molar-refractivity contribution in [3.05, 3.63) is 28.5 Å². The van der Waals surface area contributed by atoms with E-state index in [4.69, 9.17) is 11.6 Å². The van der Waals surface area contributed by atoms with Gasteiger partial charge >= 0.3 is 0 Å². The topological polar surface area (TPSA) is 71.5 Å². The zero-order valence-corrected chi connectivity index (χ0v) is 11.4. The zero-order valence-electron chi connectivity index (χ0n) is 9.81. The number of hydrogen-bond donors (Lipinski definition) is 0. The molecular formula is C11H9ClFNO4S. The number of ketones is 1. The van der Waals surface area contributed by atoms with Crippen LogP contribution < -0.4 is 4.90 Å². The largest absolute Gasteiger partial charge is 0.301 e. The molecule has 0 unspecified atom stereocenters. The first kappa shape index (κ1) is 14.0. The Labute approximate surface area is 113 Å². The number of anilines is 1. The van der Waals surface area contributed by atoms with E-state index in [1.807, 2.05) is 0 Å². The van der Waals surface area contributed by atoms with Crippen molar-refractivity contribution in [2.24, 2.45) is 0 Å². The molecule has 1 aromatic rings. The summed E-state index contributed by atoms with van der Waals surface area (Å²) in [4.78, 5) is 24.3. The normalized spacial score (nSPS) is 15.0.